The summed E-state index contributed by atoms with van der Waals surface area (Å²) in [6.07, 6.45) is 9.17. The highest BCUT2D eigenvalue weighted by Crippen LogP contribution is 2.42. The van der Waals surface area contributed by atoms with Gasteiger partial charge in [0.05, 0.1) is 39.7 Å². The Morgan fingerprint density at radius 1 is 1.06 bits per heavy atom. The highest BCUT2D eigenvalue weighted by atomic mass is 32.1. The van der Waals surface area contributed by atoms with Gasteiger partial charge >= 0.3 is 0 Å². The summed E-state index contributed by atoms with van der Waals surface area (Å²) in [6, 6.07) is 7.37. The molecule has 5 heterocycles. The number of hydrogen-bond donors (Lipinski definition) is 1. The first-order chi connectivity index (χ1) is 16.9. The molecule has 0 radical (unpaired) electrons. The first-order valence-corrected chi connectivity index (χ1v) is 12.5. The molecule has 1 aliphatic carbocycles. The van der Waals surface area contributed by atoms with Crippen LogP contribution in [0.3, 0.4) is 0 Å². The van der Waals surface area contributed by atoms with Gasteiger partial charge in [-0.25, -0.2) is 28.1 Å². The Labute approximate surface area is 204 Å². The van der Waals surface area contributed by atoms with Gasteiger partial charge in [0.1, 0.15) is 11.5 Å². The number of halogens is 3. The van der Waals surface area contributed by atoms with E-state index in [0.29, 0.717) is 28.8 Å². The van der Waals surface area contributed by atoms with Crippen molar-refractivity contribution in [1.29, 1.82) is 0 Å². The normalized spacial score (nSPS) is 18.0. The number of thiophene rings is 1. The van der Waals surface area contributed by atoms with Gasteiger partial charge in [-0.15, -0.1) is 11.3 Å². The lowest BCUT2D eigenvalue weighted by Crippen LogP contribution is -2.24. The fourth-order valence-corrected chi connectivity index (χ4v) is 6.15. The number of nitrogens with one attached hydrogen (secondary N) is 1. The Morgan fingerprint density at radius 2 is 1.91 bits per heavy atom. The summed E-state index contributed by atoms with van der Waals surface area (Å²) in [5, 5.41) is 2.99. The zero-order valence-corrected chi connectivity index (χ0v) is 19.7. The fourth-order valence-electron chi connectivity index (χ4n) is 4.95. The number of alkyl halides is 2. The summed E-state index contributed by atoms with van der Waals surface area (Å²) < 4.78 is 42.9. The van der Waals surface area contributed by atoms with Crippen molar-refractivity contribution in [3.8, 4) is 10.6 Å². The van der Waals surface area contributed by atoms with Crippen LogP contribution in [0.2, 0.25) is 0 Å². The molecule has 6 rings (SSSR count). The predicted octanol–water partition coefficient (Wildman–Crippen LogP) is 6.53. The molecular formula is C25H23F3N6S. The lowest BCUT2D eigenvalue weighted by Gasteiger charge is -2.18. The molecule has 35 heavy (non-hydrogen) atoms. The van der Waals surface area contributed by atoms with Gasteiger partial charge in [0, 0.05) is 19.2 Å². The highest BCUT2D eigenvalue weighted by molar-refractivity contribution is 7.22. The number of fused-ring (bicyclic) bond motifs is 1. The van der Waals surface area contributed by atoms with E-state index in [4.69, 9.17) is 0 Å². The van der Waals surface area contributed by atoms with Crippen LogP contribution < -0.4 is 10.2 Å². The second-order valence-corrected chi connectivity index (χ2v) is 10.2. The van der Waals surface area contributed by atoms with E-state index in [0.717, 1.165) is 16.4 Å². The Bertz CT molecular complexity index is 1370. The van der Waals surface area contributed by atoms with Crippen molar-refractivity contribution in [2.45, 2.75) is 43.9 Å². The van der Waals surface area contributed by atoms with Crippen LogP contribution in [0.5, 0.6) is 0 Å². The third kappa shape index (κ3) is 4.42. The molecule has 2 fully saturated rings. The van der Waals surface area contributed by atoms with Gasteiger partial charge in [0.25, 0.3) is 5.92 Å². The summed E-state index contributed by atoms with van der Waals surface area (Å²) in [5.41, 5.74) is 2.98. The number of hydrogen-bond acceptors (Lipinski definition) is 7. The molecule has 1 saturated carbocycles. The molecule has 0 unspecified atom stereocenters. The SMILES string of the molecule is Fc1cnc(Nc2ccc(N3CCC(F)(F)C3)cn2)nc1-c1cc2nccc(C3CCCC3)c2s1. The van der Waals surface area contributed by atoms with Crippen LogP contribution in [-0.4, -0.2) is 38.9 Å². The van der Waals surface area contributed by atoms with Crippen LogP contribution in [0, 0.1) is 5.82 Å². The molecule has 1 N–H and O–H groups in total. The van der Waals surface area contributed by atoms with E-state index in [1.54, 1.807) is 17.0 Å². The molecule has 180 valence electrons. The molecule has 2 aliphatic rings. The molecule has 10 heteroatoms. The number of rotatable bonds is 5. The van der Waals surface area contributed by atoms with Gasteiger partial charge in [-0.05, 0) is 48.6 Å². The molecule has 0 spiro atoms. The monoisotopic (exact) mass is 496 g/mol. The van der Waals surface area contributed by atoms with Gasteiger partial charge < -0.3 is 10.2 Å². The first-order valence-electron chi connectivity index (χ1n) is 11.7. The molecular weight excluding hydrogens is 473 g/mol. The minimum absolute atomic E-state index is 0.158. The van der Waals surface area contributed by atoms with Crippen LogP contribution in [-0.2, 0) is 0 Å². The minimum atomic E-state index is -2.67. The highest BCUT2D eigenvalue weighted by Gasteiger charge is 2.38. The minimum Gasteiger partial charge on any atom is -0.364 e. The van der Waals surface area contributed by atoms with E-state index >= 15 is 0 Å². The summed E-state index contributed by atoms with van der Waals surface area (Å²) in [4.78, 5) is 19.6. The Morgan fingerprint density at radius 3 is 2.66 bits per heavy atom. The summed E-state index contributed by atoms with van der Waals surface area (Å²) in [7, 11) is 0. The van der Waals surface area contributed by atoms with E-state index in [1.165, 1.54) is 48.8 Å². The summed E-state index contributed by atoms with van der Waals surface area (Å²) in [5.74, 6) is -2.01. The maximum atomic E-state index is 14.8. The molecule has 0 atom stereocenters. The third-order valence-electron chi connectivity index (χ3n) is 6.74. The third-order valence-corrected chi connectivity index (χ3v) is 7.92. The van der Waals surface area contributed by atoms with E-state index in [2.05, 4.69) is 31.3 Å². The second-order valence-electron chi connectivity index (χ2n) is 9.15. The van der Waals surface area contributed by atoms with Gasteiger partial charge in [-0.1, -0.05) is 12.8 Å². The zero-order chi connectivity index (χ0) is 24.0. The Balaban J connectivity index is 1.25. The zero-order valence-electron chi connectivity index (χ0n) is 18.8. The number of anilines is 3. The molecule has 4 aromatic rings. The molecule has 0 amide bonds. The van der Waals surface area contributed by atoms with Crippen molar-refractivity contribution in [3.63, 3.8) is 0 Å². The maximum absolute atomic E-state index is 14.8. The number of pyridine rings is 2. The van der Waals surface area contributed by atoms with Crippen molar-refractivity contribution in [3.05, 3.63) is 54.2 Å². The second kappa shape index (κ2) is 8.75. The number of nitrogens with zero attached hydrogens (tertiary/aromatic N) is 5. The first kappa shape index (κ1) is 22.2. The topological polar surface area (TPSA) is 66.8 Å². The largest absolute Gasteiger partial charge is 0.364 e. The number of aromatic nitrogens is 4. The van der Waals surface area contributed by atoms with Crippen molar-refractivity contribution in [2.75, 3.05) is 23.3 Å². The standard InChI is InChI=1S/C25H23F3N6S/c26-18-13-31-24(32-21-6-5-16(12-30-21)34-10-8-25(27,28)14-34)33-22(18)20-11-19-23(35-20)17(7-9-29-19)15-3-1-2-4-15/h5-7,9,11-13,15H,1-4,8,10,14H2,(H,30,31,32,33). The molecule has 1 saturated heterocycles. The van der Waals surface area contributed by atoms with E-state index < -0.39 is 11.7 Å². The van der Waals surface area contributed by atoms with E-state index in [-0.39, 0.29) is 24.6 Å². The van der Waals surface area contributed by atoms with Crippen molar-refractivity contribution < 1.29 is 13.2 Å². The van der Waals surface area contributed by atoms with Crippen LogP contribution in [0.25, 0.3) is 20.8 Å². The average molecular weight is 497 g/mol. The predicted molar refractivity (Wildman–Crippen MR) is 131 cm³/mol. The lowest BCUT2D eigenvalue weighted by atomic mass is 9.98. The molecule has 1 aliphatic heterocycles. The average Bonchev–Trinajstić information content (AvgIpc) is 3.60. The molecule has 0 aromatic carbocycles. The maximum Gasteiger partial charge on any atom is 0.266 e. The molecule has 6 nitrogen and oxygen atoms in total. The van der Waals surface area contributed by atoms with Crippen molar-refractivity contribution in [2.24, 2.45) is 0 Å². The van der Waals surface area contributed by atoms with Gasteiger partial charge in [-0.2, -0.15) is 0 Å². The summed E-state index contributed by atoms with van der Waals surface area (Å²) in [6.45, 7) is -0.0171. The summed E-state index contributed by atoms with van der Waals surface area (Å²) >= 11 is 1.51. The Hall–Kier alpha value is -3.27. The van der Waals surface area contributed by atoms with Crippen LogP contribution in [0.15, 0.2) is 42.9 Å². The fraction of sp³-hybridized carbons (Fsp3) is 0.360. The lowest BCUT2D eigenvalue weighted by molar-refractivity contribution is 0.0257. The molecule has 0 bridgehead atoms. The van der Waals surface area contributed by atoms with Gasteiger partial charge in [0.2, 0.25) is 5.95 Å². The van der Waals surface area contributed by atoms with Crippen molar-refractivity contribution >= 4 is 39.0 Å². The van der Waals surface area contributed by atoms with Gasteiger partial charge in [-0.3, -0.25) is 4.98 Å². The van der Waals surface area contributed by atoms with Crippen LogP contribution >= 0.6 is 11.3 Å². The molecule has 4 aromatic heterocycles. The van der Waals surface area contributed by atoms with E-state index in [9.17, 15) is 13.2 Å². The van der Waals surface area contributed by atoms with Crippen LogP contribution in [0.4, 0.5) is 30.6 Å². The quantitative estimate of drug-likeness (QED) is 0.339. The Kier molecular flexibility index (Phi) is 5.55. The van der Waals surface area contributed by atoms with Crippen molar-refractivity contribution in [1.82, 2.24) is 19.9 Å². The van der Waals surface area contributed by atoms with Crippen LogP contribution in [0.1, 0.15) is 43.6 Å². The van der Waals surface area contributed by atoms with E-state index in [1.807, 2.05) is 12.3 Å². The van der Waals surface area contributed by atoms with Gasteiger partial charge in [0.15, 0.2) is 5.82 Å². The smallest absolute Gasteiger partial charge is 0.266 e.